The lowest BCUT2D eigenvalue weighted by atomic mass is 10.2. The highest BCUT2D eigenvalue weighted by Crippen LogP contribution is 2.21. The Bertz CT molecular complexity index is 654. The molecule has 0 aliphatic carbocycles. The molecular weight excluding hydrogens is 311 g/mol. The highest BCUT2D eigenvalue weighted by molar-refractivity contribution is 7.89. The molecule has 0 aromatic heterocycles. The minimum Gasteiger partial charge on any atom is -0.464 e. The highest BCUT2D eigenvalue weighted by Gasteiger charge is 2.36. The number of nitrogens with zero attached hydrogens (tertiary/aromatic N) is 2. The fraction of sp³-hybridized carbons (Fsp3) is 0.500. The van der Waals surface area contributed by atoms with Crippen molar-refractivity contribution in [3.8, 4) is 0 Å². The molecule has 2 aliphatic rings. The molecule has 2 aliphatic heterocycles. The van der Waals surface area contributed by atoms with Crippen LogP contribution in [0.5, 0.6) is 0 Å². The Kier molecular flexibility index (Phi) is 4.16. The van der Waals surface area contributed by atoms with Gasteiger partial charge in [-0.1, -0.05) is 0 Å². The summed E-state index contributed by atoms with van der Waals surface area (Å²) in [5.41, 5.74) is 0. The van der Waals surface area contributed by atoms with Crippen LogP contribution in [-0.2, 0) is 19.6 Å². The maximum Gasteiger partial charge on any atom is 0.323 e. The summed E-state index contributed by atoms with van der Waals surface area (Å²) in [4.78, 5) is 13.6. The second-order valence-corrected chi connectivity index (χ2v) is 7.30. The topological polar surface area (TPSA) is 66.9 Å². The first-order chi connectivity index (χ1) is 10.5. The van der Waals surface area contributed by atoms with E-state index in [1.807, 2.05) is 4.90 Å². The number of esters is 1. The van der Waals surface area contributed by atoms with Crippen LogP contribution in [0.25, 0.3) is 0 Å². The second kappa shape index (κ2) is 5.94. The van der Waals surface area contributed by atoms with E-state index < -0.39 is 15.8 Å². The van der Waals surface area contributed by atoms with Crippen molar-refractivity contribution in [2.24, 2.45) is 0 Å². The van der Waals surface area contributed by atoms with Gasteiger partial charge in [-0.2, -0.15) is 4.31 Å². The summed E-state index contributed by atoms with van der Waals surface area (Å²) >= 11 is 0. The van der Waals surface area contributed by atoms with Crippen LogP contribution in [0.1, 0.15) is 6.42 Å². The Balaban J connectivity index is 1.68. The van der Waals surface area contributed by atoms with Crippen LogP contribution in [0, 0.1) is 5.82 Å². The van der Waals surface area contributed by atoms with Crippen LogP contribution < -0.4 is 0 Å². The number of hydrogen-bond acceptors (Lipinski definition) is 5. The molecule has 1 aromatic rings. The van der Waals surface area contributed by atoms with Gasteiger partial charge in [0.1, 0.15) is 11.9 Å². The lowest BCUT2D eigenvalue weighted by molar-refractivity contribution is -0.142. The van der Waals surface area contributed by atoms with Crippen molar-refractivity contribution in [1.29, 1.82) is 0 Å². The summed E-state index contributed by atoms with van der Waals surface area (Å²) < 4.78 is 44.2. The lowest BCUT2D eigenvalue weighted by Gasteiger charge is -2.35. The van der Waals surface area contributed by atoms with Crippen LogP contribution in [0.15, 0.2) is 29.2 Å². The maximum atomic E-state index is 12.9. The van der Waals surface area contributed by atoms with Gasteiger partial charge in [-0.3, -0.25) is 9.69 Å². The van der Waals surface area contributed by atoms with Crippen LogP contribution in [0.3, 0.4) is 0 Å². The van der Waals surface area contributed by atoms with Crippen LogP contribution in [0.4, 0.5) is 4.39 Å². The molecular formula is C14H17FN2O4S. The Morgan fingerprint density at radius 3 is 2.27 bits per heavy atom. The van der Waals surface area contributed by atoms with E-state index in [-0.39, 0.29) is 16.9 Å². The summed E-state index contributed by atoms with van der Waals surface area (Å²) in [6.45, 7) is 2.02. The number of halogens is 1. The minimum absolute atomic E-state index is 0.0858. The van der Waals surface area contributed by atoms with E-state index in [1.165, 1.54) is 16.4 Å². The van der Waals surface area contributed by atoms with Gasteiger partial charge in [0.2, 0.25) is 10.0 Å². The molecule has 120 valence electrons. The van der Waals surface area contributed by atoms with Crippen molar-refractivity contribution in [2.45, 2.75) is 17.4 Å². The monoisotopic (exact) mass is 328 g/mol. The van der Waals surface area contributed by atoms with Crippen molar-refractivity contribution in [3.05, 3.63) is 30.1 Å². The molecule has 8 heteroatoms. The van der Waals surface area contributed by atoms with Gasteiger partial charge in [0.05, 0.1) is 11.5 Å². The third-order valence-electron chi connectivity index (χ3n) is 4.07. The Morgan fingerprint density at radius 1 is 1.09 bits per heavy atom. The second-order valence-electron chi connectivity index (χ2n) is 5.37. The zero-order chi connectivity index (χ0) is 15.7. The minimum atomic E-state index is -3.62. The molecule has 6 nitrogen and oxygen atoms in total. The third kappa shape index (κ3) is 2.86. The van der Waals surface area contributed by atoms with Crippen LogP contribution in [-0.4, -0.2) is 62.4 Å². The summed E-state index contributed by atoms with van der Waals surface area (Å²) in [6, 6.07) is 4.56. The largest absolute Gasteiger partial charge is 0.464 e. The first kappa shape index (κ1) is 15.4. The molecule has 3 rings (SSSR count). The molecule has 0 radical (unpaired) electrons. The van der Waals surface area contributed by atoms with E-state index in [0.717, 1.165) is 12.1 Å². The molecule has 0 unspecified atom stereocenters. The van der Waals surface area contributed by atoms with Gasteiger partial charge >= 0.3 is 5.97 Å². The molecule has 2 heterocycles. The first-order valence-electron chi connectivity index (χ1n) is 7.15. The highest BCUT2D eigenvalue weighted by atomic mass is 32.2. The van der Waals surface area contributed by atoms with E-state index in [9.17, 15) is 17.6 Å². The number of hydrogen-bond donors (Lipinski definition) is 0. The van der Waals surface area contributed by atoms with E-state index >= 15 is 0 Å². The number of cyclic esters (lactones) is 1. The number of ether oxygens (including phenoxy) is 1. The molecule has 1 aromatic carbocycles. The molecule has 0 bridgehead atoms. The van der Waals surface area contributed by atoms with E-state index in [4.69, 9.17) is 4.74 Å². The van der Waals surface area contributed by atoms with Gasteiger partial charge in [-0.25, -0.2) is 12.8 Å². The van der Waals surface area contributed by atoms with Gasteiger partial charge in [-0.05, 0) is 24.3 Å². The van der Waals surface area contributed by atoms with E-state index in [0.29, 0.717) is 39.2 Å². The molecule has 2 saturated heterocycles. The first-order valence-corrected chi connectivity index (χ1v) is 8.59. The van der Waals surface area contributed by atoms with Crippen molar-refractivity contribution >= 4 is 16.0 Å². The summed E-state index contributed by atoms with van der Waals surface area (Å²) in [6.07, 6.45) is 0.656. The van der Waals surface area contributed by atoms with Gasteiger partial charge < -0.3 is 4.74 Å². The Morgan fingerprint density at radius 2 is 1.73 bits per heavy atom. The van der Waals surface area contributed by atoms with Crippen molar-refractivity contribution in [2.75, 3.05) is 32.8 Å². The van der Waals surface area contributed by atoms with Crippen molar-refractivity contribution < 1.29 is 22.3 Å². The number of benzene rings is 1. The van der Waals surface area contributed by atoms with Gasteiger partial charge in [0.15, 0.2) is 0 Å². The standard InChI is InChI=1S/C14H17FN2O4S/c15-11-1-3-12(4-2-11)22(19,20)17-8-6-16(7-9-17)13-5-10-21-14(13)18/h1-4,13H,5-10H2/t13-/m1/s1. The SMILES string of the molecule is O=C1OCC[C@H]1N1CCN(S(=O)(=O)c2ccc(F)cc2)CC1. The average molecular weight is 328 g/mol. The quantitative estimate of drug-likeness (QED) is 0.754. The summed E-state index contributed by atoms with van der Waals surface area (Å²) in [5, 5.41) is 0. The van der Waals surface area contributed by atoms with Gasteiger partial charge in [0.25, 0.3) is 0 Å². The predicted octanol–water partition coefficient (Wildman–Crippen LogP) is 0.448. The lowest BCUT2D eigenvalue weighted by Crippen LogP contribution is -2.52. The maximum absolute atomic E-state index is 12.9. The fourth-order valence-electron chi connectivity index (χ4n) is 2.83. The fourth-order valence-corrected chi connectivity index (χ4v) is 4.25. The van der Waals surface area contributed by atoms with E-state index in [2.05, 4.69) is 0 Å². The molecule has 1 atom stereocenters. The molecule has 2 fully saturated rings. The predicted molar refractivity (Wildman–Crippen MR) is 76.1 cm³/mol. The number of carbonyl (C=O) groups is 1. The van der Waals surface area contributed by atoms with Crippen LogP contribution in [0.2, 0.25) is 0 Å². The smallest absolute Gasteiger partial charge is 0.323 e. The van der Waals surface area contributed by atoms with Crippen molar-refractivity contribution in [3.63, 3.8) is 0 Å². The Hall–Kier alpha value is -1.51. The summed E-state index contributed by atoms with van der Waals surface area (Å²) in [7, 11) is -3.62. The summed E-state index contributed by atoms with van der Waals surface area (Å²) in [5.74, 6) is -0.696. The molecule has 0 N–H and O–H groups in total. The number of carbonyl (C=O) groups excluding carboxylic acids is 1. The van der Waals surface area contributed by atoms with Crippen molar-refractivity contribution in [1.82, 2.24) is 9.21 Å². The van der Waals surface area contributed by atoms with Gasteiger partial charge in [-0.15, -0.1) is 0 Å². The van der Waals surface area contributed by atoms with Crippen LogP contribution >= 0.6 is 0 Å². The zero-order valence-electron chi connectivity index (χ0n) is 11.9. The molecule has 22 heavy (non-hydrogen) atoms. The Labute approximate surface area is 128 Å². The third-order valence-corrected chi connectivity index (χ3v) is 5.99. The van der Waals surface area contributed by atoms with Gasteiger partial charge in [0, 0.05) is 32.6 Å². The number of piperazine rings is 1. The molecule has 0 amide bonds. The normalized spacial score (nSPS) is 24.4. The molecule has 0 spiro atoms. The van der Waals surface area contributed by atoms with E-state index in [1.54, 1.807) is 0 Å². The molecule has 0 saturated carbocycles. The number of rotatable bonds is 3. The number of sulfonamides is 1. The zero-order valence-corrected chi connectivity index (χ0v) is 12.8. The average Bonchev–Trinajstić information content (AvgIpc) is 2.94.